The molecule has 1 saturated heterocycles. The van der Waals surface area contributed by atoms with Crippen molar-refractivity contribution in [3.05, 3.63) is 17.3 Å². The van der Waals surface area contributed by atoms with Crippen molar-refractivity contribution in [1.29, 1.82) is 0 Å². The Balaban J connectivity index is 1.78. The molecule has 1 aliphatic rings. The molecule has 2 aromatic rings. The van der Waals surface area contributed by atoms with Gasteiger partial charge in [-0.05, 0) is 24.4 Å². The zero-order valence-corrected chi connectivity index (χ0v) is 14.5. The number of nitrogens with one attached hydrogen (secondary N) is 1. The maximum atomic E-state index is 4.72. The minimum atomic E-state index is 0.392. The van der Waals surface area contributed by atoms with Crippen molar-refractivity contribution >= 4 is 39.1 Å². The number of rotatable bonds is 3. The van der Waals surface area contributed by atoms with Crippen LogP contribution in [0.25, 0.3) is 10.2 Å². The van der Waals surface area contributed by atoms with Crippen molar-refractivity contribution in [2.75, 3.05) is 31.2 Å². The molecule has 6 heteroatoms. The SMILES string of the molecule is CNc1nc(CN2CCSC(C)(C)CC2)nc2sccc12. The number of thioether (sulfide) groups is 1. The van der Waals surface area contributed by atoms with E-state index in [1.165, 1.54) is 12.2 Å². The first-order valence-electron chi connectivity index (χ1n) is 7.35. The molecule has 1 fully saturated rings. The normalized spacial score (nSPS) is 19.6. The Labute approximate surface area is 134 Å². The van der Waals surface area contributed by atoms with E-state index in [0.29, 0.717) is 4.75 Å². The highest BCUT2D eigenvalue weighted by molar-refractivity contribution is 8.00. The third kappa shape index (κ3) is 3.49. The van der Waals surface area contributed by atoms with Crippen LogP contribution in [0.15, 0.2) is 11.4 Å². The van der Waals surface area contributed by atoms with Crippen molar-refractivity contribution in [1.82, 2.24) is 14.9 Å². The van der Waals surface area contributed by atoms with Crippen LogP contribution >= 0.6 is 23.1 Å². The second kappa shape index (κ2) is 6.10. The molecule has 0 saturated carbocycles. The highest BCUT2D eigenvalue weighted by Gasteiger charge is 2.24. The van der Waals surface area contributed by atoms with E-state index in [0.717, 1.165) is 41.5 Å². The van der Waals surface area contributed by atoms with Crippen LogP contribution in [0.1, 0.15) is 26.1 Å². The fraction of sp³-hybridized carbons (Fsp3) is 0.600. The Morgan fingerprint density at radius 2 is 2.19 bits per heavy atom. The van der Waals surface area contributed by atoms with Crippen LogP contribution in [-0.2, 0) is 6.54 Å². The van der Waals surface area contributed by atoms with Gasteiger partial charge in [0.05, 0.1) is 11.9 Å². The fourth-order valence-corrected chi connectivity index (χ4v) is 4.50. The van der Waals surface area contributed by atoms with Gasteiger partial charge in [0.1, 0.15) is 16.5 Å². The van der Waals surface area contributed by atoms with E-state index in [-0.39, 0.29) is 0 Å². The van der Waals surface area contributed by atoms with Gasteiger partial charge in [-0.15, -0.1) is 11.3 Å². The third-order valence-corrected chi connectivity index (χ3v) is 6.08. The van der Waals surface area contributed by atoms with Crippen molar-refractivity contribution in [3.63, 3.8) is 0 Å². The first-order valence-corrected chi connectivity index (χ1v) is 9.22. The maximum absolute atomic E-state index is 4.72. The van der Waals surface area contributed by atoms with Crippen molar-refractivity contribution in [2.24, 2.45) is 0 Å². The van der Waals surface area contributed by atoms with Crippen LogP contribution in [0.5, 0.6) is 0 Å². The molecular formula is C15H22N4S2. The number of fused-ring (bicyclic) bond motifs is 1. The summed E-state index contributed by atoms with van der Waals surface area (Å²) >= 11 is 3.76. The Kier molecular flexibility index (Phi) is 4.38. The van der Waals surface area contributed by atoms with E-state index in [1.54, 1.807) is 11.3 Å². The van der Waals surface area contributed by atoms with Gasteiger partial charge >= 0.3 is 0 Å². The van der Waals surface area contributed by atoms with Gasteiger partial charge in [-0.1, -0.05) is 13.8 Å². The van der Waals surface area contributed by atoms with Crippen LogP contribution in [0, 0.1) is 0 Å². The van der Waals surface area contributed by atoms with E-state index < -0.39 is 0 Å². The molecule has 4 nitrogen and oxygen atoms in total. The Hall–Kier alpha value is -0.850. The molecule has 3 heterocycles. The molecule has 0 unspecified atom stereocenters. The van der Waals surface area contributed by atoms with Gasteiger partial charge < -0.3 is 5.32 Å². The summed E-state index contributed by atoms with van der Waals surface area (Å²) < 4.78 is 0.392. The van der Waals surface area contributed by atoms with Gasteiger partial charge in [0.25, 0.3) is 0 Å². The molecule has 114 valence electrons. The summed E-state index contributed by atoms with van der Waals surface area (Å²) in [6.45, 7) is 7.78. The summed E-state index contributed by atoms with van der Waals surface area (Å²) in [4.78, 5) is 13.0. The summed E-state index contributed by atoms with van der Waals surface area (Å²) in [7, 11) is 1.92. The first kappa shape index (κ1) is 15.1. The number of anilines is 1. The van der Waals surface area contributed by atoms with Crippen molar-refractivity contribution in [2.45, 2.75) is 31.6 Å². The Bertz CT molecular complexity index is 623. The van der Waals surface area contributed by atoms with Crippen LogP contribution in [0.4, 0.5) is 5.82 Å². The second-order valence-electron chi connectivity index (χ2n) is 6.01. The fourth-order valence-electron chi connectivity index (χ4n) is 2.58. The summed E-state index contributed by atoms with van der Waals surface area (Å²) in [5.74, 6) is 3.06. The van der Waals surface area contributed by atoms with Gasteiger partial charge in [0.2, 0.25) is 0 Å². The standard InChI is InChI=1S/C15H22N4S2/c1-15(2)5-6-19(7-9-21-15)10-12-17-13(16-3)11-4-8-20-14(11)18-12/h4,8H,5-7,9-10H2,1-3H3,(H,16,17,18). The van der Waals surface area contributed by atoms with Crippen LogP contribution in [-0.4, -0.2) is 45.5 Å². The molecule has 1 aliphatic heterocycles. The molecule has 0 aliphatic carbocycles. The van der Waals surface area contributed by atoms with Gasteiger partial charge in [-0.3, -0.25) is 4.90 Å². The molecule has 1 N–H and O–H groups in total. The lowest BCUT2D eigenvalue weighted by Crippen LogP contribution is -2.27. The van der Waals surface area contributed by atoms with Crippen LogP contribution in [0.3, 0.4) is 0 Å². The first-order chi connectivity index (χ1) is 10.1. The van der Waals surface area contributed by atoms with E-state index in [9.17, 15) is 0 Å². The number of hydrogen-bond acceptors (Lipinski definition) is 6. The zero-order chi connectivity index (χ0) is 14.9. The molecule has 0 radical (unpaired) electrons. The monoisotopic (exact) mass is 322 g/mol. The van der Waals surface area contributed by atoms with E-state index in [4.69, 9.17) is 4.98 Å². The highest BCUT2D eigenvalue weighted by atomic mass is 32.2. The summed E-state index contributed by atoms with van der Waals surface area (Å²) in [6.07, 6.45) is 1.22. The van der Waals surface area contributed by atoms with Gasteiger partial charge in [-0.25, -0.2) is 9.97 Å². The smallest absolute Gasteiger partial charge is 0.146 e. The minimum absolute atomic E-state index is 0.392. The molecule has 0 bridgehead atoms. The number of thiophene rings is 1. The number of nitrogens with zero attached hydrogens (tertiary/aromatic N) is 3. The predicted octanol–water partition coefficient (Wildman–Crippen LogP) is 3.45. The van der Waals surface area contributed by atoms with Crippen LogP contribution < -0.4 is 5.32 Å². The summed E-state index contributed by atoms with van der Waals surface area (Å²) in [5.41, 5.74) is 0. The average molecular weight is 323 g/mol. The van der Waals surface area contributed by atoms with Crippen molar-refractivity contribution < 1.29 is 0 Å². The van der Waals surface area contributed by atoms with E-state index in [2.05, 4.69) is 52.3 Å². The van der Waals surface area contributed by atoms with Gasteiger partial charge in [-0.2, -0.15) is 11.8 Å². The third-order valence-electron chi connectivity index (χ3n) is 3.90. The molecular weight excluding hydrogens is 300 g/mol. The topological polar surface area (TPSA) is 41.1 Å². The van der Waals surface area contributed by atoms with E-state index >= 15 is 0 Å². The van der Waals surface area contributed by atoms with E-state index in [1.807, 2.05) is 7.05 Å². The lowest BCUT2D eigenvalue weighted by molar-refractivity contribution is 0.270. The highest BCUT2D eigenvalue weighted by Crippen LogP contribution is 2.31. The summed E-state index contributed by atoms with van der Waals surface area (Å²) in [6, 6.07) is 2.08. The molecule has 0 aromatic carbocycles. The van der Waals surface area contributed by atoms with Crippen LogP contribution in [0.2, 0.25) is 0 Å². The van der Waals surface area contributed by atoms with Gasteiger partial charge in [0, 0.05) is 24.1 Å². The molecule has 0 atom stereocenters. The van der Waals surface area contributed by atoms with Crippen molar-refractivity contribution in [3.8, 4) is 0 Å². The van der Waals surface area contributed by atoms with Gasteiger partial charge in [0.15, 0.2) is 0 Å². The Morgan fingerprint density at radius 3 is 3.00 bits per heavy atom. The number of aromatic nitrogens is 2. The lowest BCUT2D eigenvalue weighted by atomic mass is 10.1. The molecule has 21 heavy (non-hydrogen) atoms. The predicted molar refractivity (Wildman–Crippen MR) is 93.4 cm³/mol. The molecule has 2 aromatic heterocycles. The zero-order valence-electron chi connectivity index (χ0n) is 12.8. The second-order valence-corrected chi connectivity index (χ2v) is 8.71. The largest absolute Gasteiger partial charge is 0.372 e. The Morgan fingerprint density at radius 1 is 1.33 bits per heavy atom. The summed E-state index contributed by atoms with van der Waals surface area (Å²) in [5, 5.41) is 6.39. The molecule has 0 amide bonds. The lowest BCUT2D eigenvalue weighted by Gasteiger charge is -2.22. The minimum Gasteiger partial charge on any atom is -0.372 e. The number of hydrogen-bond donors (Lipinski definition) is 1. The molecule has 0 spiro atoms. The quantitative estimate of drug-likeness (QED) is 0.937. The molecule has 3 rings (SSSR count). The maximum Gasteiger partial charge on any atom is 0.146 e. The average Bonchev–Trinajstić information content (AvgIpc) is 2.85.